The van der Waals surface area contributed by atoms with Crippen LogP contribution in [0.4, 0.5) is 17.1 Å². The molecule has 0 N–H and O–H groups in total. The number of anilines is 3. The summed E-state index contributed by atoms with van der Waals surface area (Å²) in [4.78, 5) is 6.84. The molecule has 61 heavy (non-hydrogen) atoms. The van der Waals surface area contributed by atoms with Gasteiger partial charge in [0.15, 0.2) is 0 Å². The van der Waals surface area contributed by atoms with Crippen LogP contribution in [0.15, 0.2) is 229 Å². The second-order valence-corrected chi connectivity index (χ2v) is 15.6. The number of benzene rings is 9. The molecule has 3 heterocycles. The molecule has 0 spiro atoms. The Hall–Kier alpha value is -8.21. The maximum atomic E-state index is 6.14. The molecule has 0 fully saturated rings. The second kappa shape index (κ2) is 14.3. The van der Waals surface area contributed by atoms with E-state index in [0.29, 0.717) is 5.71 Å². The number of fused-ring (bicyclic) bond motifs is 7. The smallest absolute Gasteiger partial charge is 0.227 e. The first-order chi connectivity index (χ1) is 30.2. The van der Waals surface area contributed by atoms with Crippen molar-refractivity contribution in [2.45, 2.75) is 0 Å². The maximum Gasteiger partial charge on any atom is 0.227 e. The molecule has 4 nitrogen and oxygen atoms in total. The Morgan fingerprint density at radius 3 is 1.70 bits per heavy atom. The van der Waals surface area contributed by atoms with Crippen molar-refractivity contribution in [1.29, 1.82) is 0 Å². The van der Waals surface area contributed by atoms with Crippen LogP contribution in [0.5, 0.6) is 0 Å². The lowest BCUT2D eigenvalue weighted by Gasteiger charge is -2.26. The zero-order chi connectivity index (χ0) is 40.3. The third kappa shape index (κ3) is 5.88. The molecule has 4 heteroatoms. The number of furan rings is 1. The monoisotopic (exact) mass is 779 g/mol. The van der Waals surface area contributed by atoms with Gasteiger partial charge in [-0.2, -0.15) is 0 Å². The summed E-state index contributed by atoms with van der Waals surface area (Å²) in [6.07, 6.45) is 1.78. The number of pyridine rings is 1. The zero-order valence-corrected chi connectivity index (χ0v) is 33.1. The Bertz CT molecular complexity index is 3520. The molecule has 0 amide bonds. The van der Waals surface area contributed by atoms with E-state index in [4.69, 9.17) is 4.42 Å². The fraction of sp³-hybridized carbons (Fsp3) is 0. The second-order valence-electron chi connectivity index (χ2n) is 15.6. The largest absolute Gasteiger partial charge is 0.438 e. The quantitative estimate of drug-likeness (QED) is 0.162. The summed E-state index contributed by atoms with van der Waals surface area (Å²) in [6.45, 7) is 0. The fourth-order valence-electron chi connectivity index (χ4n) is 9.23. The van der Waals surface area contributed by atoms with Crippen molar-refractivity contribution < 1.29 is 4.42 Å². The number of rotatable bonds is 7. The number of aromatic nitrogens is 2. The molecule has 0 atom stereocenters. The predicted molar refractivity (Wildman–Crippen MR) is 254 cm³/mol. The van der Waals surface area contributed by atoms with Crippen LogP contribution in [0.25, 0.3) is 93.7 Å². The predicted octanol–water partition coefficient (Wildman–Crippen LogP) is 15.7. The van der Waals surface area contributed by atoms with Gasteiger partial charge in [-0.3, -0.25) is 0 Å². The fourth-order valence-corrected chi connectivity index (χ4v) is 9.23. The van der Waals surface area contributed by atoms with Gasteiger partial charge in [-0.25, -0.2) is 4.98 Å². The van der Waals surface area contributed by atoms with Gasteiger partial charge in [0.05, 0.1) is 11.0 Å². The highest BCUT2D eigenvalue weighted by Crippen LogP contribution is 2.41. The third-order valence-corrected chi connectivity index (χ3v) is 12.1. The minimum atomic E-state index is 0.654. The molecule has 0 saturated carbocycles. The molecule has 3 aromatic heterocycles. The van der Waals surface area contributed by atoms with Gasteiger partial charge in [-0.15, -0.1) is 0 Å². The van der Waals surface area contributed by atoms with Crippen molar-refractivity contribution in [1.82, 2.24) is 9.55 Å². The zero-order valence-electron chi connectivity index (χ0n) is 33.1. The van der Waals surface area contributed by atoms with E-state index in [-0.39, 0.29) is 0 Å². The first-order valence-corrected chi connectivity index (χ1v) is 20.7. The minimum absolute atomic E-state index is 0.654. The highest BCUT2D eigenvalue weighted by Gasteiger charge is 2.18. The summed E-state index contributed by atoms with van der Waals surface area (Å²) in [5, 5.41) is 7.10. The van der Waals surface area contributed by atoms with Crippen molar-refractivity contribution in [2.75, 3.05) is 4.90 Å². The van der Waals surface area contributed by atoms with Gasteiger partial charge in [-0.05, 0) is 123 Å². The summed E-state index contributed by atoms with van der Waals surface area (Å²) < 4.78 is 8.50. The Labute approximate surface area is 352 Å². The van der Waals surface area contributed by atoms with Crippen LogP contribution in [0.3, 0.4) is 0 Å². The van der Waals surface area contributed by atoms with E-state index in [1.807, 2.05) is 12.1 Å². The van der Waals surface area contributed by atoms with E-state index in [2.05, 4.69) is 221 Å². The average molecular weight is 780 g/mol. The van der Waals surface area contributed by atoms with Gasteiger partial charge < -0.3 is 13.9 Å². The molecule has 0 aliphatic carbocycles. The molecule has 9 aromatic carbocycles. The van der Waals surface area contributed by atoms with E-state index in [1.54, 1.807) is 6.20 Å². The Kier molecular flexibility index (Phi) is 8.13. The van der Waals surface area contributed by atoms with Crippen LogP contribution >= 0.6 is 0 Å². The first kappa shape index (κ1) is 34.8. The topological polar surface area (TPSA) is 34.2 Å². The molecule has 0 bridgehead atoms. The summed E-state index contributed by atoms with van der Waals surface area (Å²) in [7, 11) is 0. The highest BCUT2D eigenvalue weighted by atomic mass is 16.3. The van der Waals surface area contributed by atoms with Crippen molar-refractivity contribution in [2.24, 2.45) is 0 Å². The minimum Gasteiger partial charge on any atom is -0.438 e. The van der Waals surface area contributed by atoms with Crippen LogP contribution in [-0.4, -0.2) is 9.55 Å². The number of para-hydroxylation sites is 2. The van der Waals surface area contributed by atoms with E-state index in [1.165, 1.54) is 49.3 Å². The lowest BCUT2D eigenvalue weighted by atomic mass is 9.97. The van der Waals surface area contributed by atoms with Crippen molar-refractivity contribution in [3.63, 3.8) is 0 Å². The first-order valence-electron chi connectivity index (χ1n) is 20.7. The normalized spacial score (nSPS) is 11.6. The van der Waals surface area contributed by atoms with Crippen molar-refractivity contribution in [3.05, 3.63) is 225 Å². The van der Waals surface area contributed by atoms with E-state index in [9.17, 15) is 0 Å². The van der Waals surface area contributed by atoms with Crippen molar-refractivity contribution in [3.8, 4) is 39.1 Å². The molecule has 0 aliphatic heterocycles. The van der Waals surface area contributed by atoms with Gasteiger partial charge in [0.25, 0.3) is 0 Å². The van der Waals surface area contributed by atoms with Crippen molar-refractivity contribution >= 4 is 71.7 Å². The Morgan fingerprint density at radius 2 is 0.967 bits per heavy atom. The number of hydrogen-bond donors (Lipinski definition) is 0. The molecule has 286 valence electrons. The lowest BCUT2D eigenvalue weighted by Crippen LogP contribution is -2.10. The molecule has 12 rings (SSSR count). The SMILES string of the molecule is c1cc(-c2cccc3ccccc23)cc(N(c2ccc(-c3ccc(-n4c5ccccc5c5ccccc54)cc3)cc2)c2ccc(-c3cccc4oc5ncccc5c34)cc2)c1. The maximum absolute atomic E-state index is 6.14. The molecule has 0 aliphatic rings. The molecular formula is C57H37N3O. The summed E-state index contributed by atoms with van der Waals surface area (Å²) in [5.41, 5.74) is 15.2. The third-order valence-electron chi connectivity index (χ3n) is 12.1. The Balaban J connectivity index is 0.935. The standard InChI is InChI=1S/C57H37N3O/c1-2-15-47-40(11-1)12-8-18-48(47)42-13-7-14-46(37-42)59(44-34-28-41(29-35-44)49-19-9-23-55-56(49)52-20-10-36-58-57(52)61-55)43-30-24-38(25-31-43)39-26-32-45(33-27-39)60-53-21-5-3-16-50(53)51-17-4-6-22-54(51)60/h1-37H. The summed E-state index contributed by atoms with van der Waals surface area (Å²) in [6, 6.07) is 78.4. The van der Waals surface area contributed by atoms with Crippen LogP contribution < -0.4 is 4.90 Å². The van der Waals surface area contributed by atoms with Crippen LogP contribution in [0.2, 0.25) is 0 Å². The van der Waals surface area contributed by atoms with E-state index < -0.39 is 0 Å². The molecule has 0 unspecified atom stereocenters. The Morgan fingerprint density at radius 1 is 0.393 bits per heavy atom. The molecular weight excluding hydrogens is 743 g/mol. The van der Waals surface area contributed by atoms with E-state index >= 15 is 0 Å². The van der Waals surface area contributed by atoms with E-state index in [0.717, 1.165) is 55.8 Å². The molecule has 12 aromatic rings. The van der Waals surface area contributed by atoms with Gasteiger partial charge >= 0.3 is 0 Å². The molecule has 0 saturated heterocycles. The number of nitrogens with zero attached hydrogens (tertiary/aromatic N) is 3. The summed E-state index contributed by atoms with van der Waals surface area (Å²) >= 11 is 0. The molecule has 0 radical (unpaired) electrons. The number of hydrogen-bond acceptors (Lipinski definition) is 3. The lowest BCUT2D eigenvalue weighted by molar-refractivity contribution is 0.654. The van der Waals surface area contributed by atoms with Gasteiger partial charge in [0, 0.05) is 50.5 Å². The average Bonchev–Trinajstić information content (AvgIpc) is 3.88. The van der Waals surface area contributed by atoms with Crippen LogP contribution in [-0.2, 0) is 0 Å². The van der Waals surface area contributed by atoms with Crippen LogP contribution in [0, 0.1) is 0 Å². The van der Waals surface area contributed by atoms with Gasteiger partial charge in [0.1, 0.15) is 5.58 Å². The summed E-state index contributed by atoms with van der Waals surface area (Å²) in [5.74, 6) is 0. The van der Waals surface area contributed by atoms with Gasteiger partial charge in [-0.1, -0.05) is 140 Å². The highest BCUT2D eigenvalue weighted by molar-refractivity contribution is 6.12. The van der Waals surface area contributed by atoms with Crippen LogP contribution in [0.1, 0.15) is 0 Å². The van der Waals surface area contributed by atoms with Gasteiger partial charge in [0.2, 0.25) is 5.71 Å².